The van der Waals surface area contributed by atoms with Crippen molar-refractivity contribution in [3.8, 4) is 5.75 Å². The highest BCUT2D eigenvalue weighted by atomic mass is 32.2. The molecule has 0 aliphatic rings. The van der Waals surface area contributed by atoms with Crippen molar-refractivity contribution in [1.29, 1.82) is 0 Å². The van der Waals surface area contributed by atoms with Crippen LogP contribution in [-0.4, -0.2) is 32.4 Å². The second-order valence-electron chi connectivity index (χ2n) is 6.28. The predicted molar refractivity (Wildman–Crippen MR) is 112 cm³/mol. The molecule has 1 N–H and O–H groups in total. The van der Waals surface area contributed by atoms with E-state index in [9.17, 15) is 4.79 Å². The quantitative estimate of drug-likeness (QED) is 0.493. The number of benzene rings is 2. The van der Waals surface area contributed by atoms with Gasteiger partial charge in [0.05, 0.1) is 17.4 Å². The molecule has 7 heteroatoms. The van der Waals surface area contributed by atoms with Gasteiger partial charge in [0, 0.05) is 5.69 Å². The Bertz CT molecular complexity index is 1120. The molecule has 1 amide bonds. The molecule has 28 heavy (non-hydrogen) atoms. The van der Waals surface area contributed by atoms with Crippen LogP contribution < -0.4 is 10.1 Å². The number of hydrogen-bond donors (Lipinski definition) is 1. The van der Waals surface area contributed by atoms with Gasteiger partial charge < -0.3 is 10.1 Å². The van der Waals surface area contributed by atoms with Crippen LogP contribution in [0, 0.1) is 0 Å². The first-order valence-corrected chi connectivity index (χ1v) is 9.97. The van der Waals surface area contributed by atoms with E-state index in [1.807, 2.05) is 78.9 Å². The number of carbonyl (C=O) groups is 1. The number of nitrogens with zero attached hydrogens (tertiary/aromatic N) is 3. The number of fused-ring (bicyclic) bond motifs is 3. The molecule has 2 aromatic heterocycles. The first-order valence-electron chi connectivity index (χ1n) is 9.09. The van der Waals surface area contributed by atoms with Gasteiger partial charge in [-0.1, -0.05) is 30.0 Å². The number of ether oxygens (including phenoxy) is 1. The molecule has 1 atom stereocenters. The average molecular weight is 392 g/mol. The van der Waals surface area contributed by atoms with Gasteiger partial charge in [-0.25, -0.2) is 0 Å². The van der Waals surface area contributed by atoms with Crippen molar-refractivity contribution >= 4 is 39.9 Å². The molecule has 4 aromatic rings. The lowest BCUT2D eigenvalue weighted by Crippen LogP contribution is -2.22. The van der Waals surface area contributed by atoms with Crippen LogP contribution in [0.2, 0.25) is 0 Å². The number of aromatic nitrogens is 3. The van der Waals surface area contributed by atoms with Crippen molar-refractivity contribution in [2.45, 2.75) is 24.3 Å². The zero-order valence-electron chi connectivity index (χ0n) is 15.6. The van der Waals surface area contributed by atoms with E-state index in [0.29, 0.717) is 11.8 Å². The molecule has 0 spiro atoms. The number of nitrogens with one attached hydrogen (secondary N) is 1. The SMILES string of the molecule is CCOc1ccc(NC(=O)[C@@H](C)Sc2nnc3ccc4ccccc4n23)cc1. The fourth-order valence-electron chi connectivity index (χ4n) is 2.95. The summed E-state index contributed by atoms with van der Waals surface area (Å²) >= 11 is 1.39. The standard InChI is InChI=1S/C21H20N4O2S/c1-3-27-17-11-9-16(10-12-17)22-20(26)14(2)28-21-24-23-19-13-8-15-6-4-5-7-18(15)25(19)21/h4-14H,3H2,1-2H3,(H,22,26)/t14-/m1/s1. The maximum atomic E-state index is 12.6. The minimum Gasteiger partial charge on any atom is -0.494 e. The zero-order chi connectivity index (χ0) is 19.5. The Kier molecular flexibility index (Phi) is 5.16. The van der Waals surface area contributed by atoms with Crippen LogP contribution >= 0.6 is 11.8 Å². The summed E-state index contributed by atoms with van der Waals surface area (Å²) in [4.78, 5) is 12.6. The van der Waals surface area contributed by atoms with Gasteiger partial charge in [-0.15, -0.1) is 10.2 Å². The normalized spacial score (nSPS) is 12.2. The fraction of sp³-hybridized carbons (Fsp3) is 0.190. The Balaban J connectivity index is 1.52. The summed E-state index contributed by atoms with van der Waals surface area (Å²) in [5, 5.41) is 12.9. The molecule has 0 unspecified atom stereocenters. The maximum absolute atomic E-state index is 12.6. The molecule has 0 radical (unpaired) electrons. The molecule has 4 rings (SSSR count). The summed E-state index contributed by atoms with van der Waals surface area (Å²) in [7, 11) is 0. The average Bonchev–Trinajstić information content (AvgIpc) is 3.13. The van der Waals surface area contributed by atoms with Gasteiger partial charge in [0.2, 0.25) is 5.91 Å². The number of pyridine rings is 1. The first-order chi connectivity index (χ1) is 13.7. The molecular formula is C21H20N4O2S. The van der Waals surface area contributed by atoms with Crippen molar-refractivity contribution in [1.82, 2.24) is 14.6 Å². The van der Waals surface area contributed by atoms with E-state index in [1.165, 1.54) is 11.8 Å². The number of anilines is 1. The summed E-state index contributed by atoms with van der Waals surface area (Å²) in [6.07, 6.45) is 0. The van der Waals surface area contributed by atoms with Crippen LogP contribution in [0.1, 0.15) is 13.8 Å². The second kappa shape index (κ2) is 7.90. The number of amides is 1. The molecule has 0 fully saturated rings. The van der Waals surface area contributed by atoms with Gasteiger partial charge >= 0.3 is 0 Å². The van der Waals surface area contributed by atoms with Crippen molar-refractivity contribution in [2.75, 3.05) is 11.9 Å². The van der Waals surface area contributed by atoms with Crippen molar-refractivity contribution in [3.63, 3.8) is 0 Å². The highest BCUT2D eigenvalue weighted by molar-refractivity contribution is 8.00. The first kappa shape index (κ1) is 18.3. The maximum Gasteiger partial charge on any atom is 0.237 e. The van der Waals surface area contributed by atoms with E-state index in [0.717, 1.165) is 28.0 Å². The highest BCUT2D eigenvalue weighted by Crippen LogP contribution is 2.27. The van der Waals surface area contributed by atoms with E-state index in [1.54, 1.807) is 0 Å². The molecule has 6 nitrogen and oxygen atoms in total. The lowest BCUT2D eigenvalue weighted by atomic mass is 10.2. The molecule has 2 heterocycles. The molecule has 142 valence electrons. The minimum absolute atomic E-state index is 0.0915. The molecular weight excluding hydrogens is 372 g/mol. The van der Waals surface area contributed by atoms with Crippen molar-refractivity contribution < 1.29 is 9.53 Å². The Morgan fingerprint density at radius 3 is 2.68 bits per heavy atom. The third-order valence-electron chi connectivity index (χ3n) is 4.33. The van der Waals surface area contributed by atoms with Gasteiger partial charge in [0.15, 0.2) is 10.8 Å². The van der Waals surface area contributed by atoms with Crippen LogP contribution in [-0.2, 0) is 4.79 Å². The fourth-order valence-corrected chi connectivity index (χ4v) is 3.81. The van der Waals surface area contributed by atoms with E-state index in [-0.39, 0.29) is 11.2 Å². The Morgan fingerprint density at radius 1 is 1.11 bits per heavy atom. The molecule has 0 aliphatic heterocycles. The molecule has 0 saturated heterocycles. The molecule has 0 aliphatic carbocycles. The summed E-state index contributed by atoms with van der Waals surface area (Å²) in [5.74, 6) is 0.691. The van der Waals surface area contributed by atoms with Crippen LogP contribution in [0.15, 0.2) is 65.8 Å². The summed E-state index contributed by atoms with van der Waals surface area (Å²) < 4.78 is 7.41. The van der Waals surface area contributed by atoms with Crippen LogP contribution in [0.3, 0.4) is 0 Å². The Hall–Kier alpha value is -3.06. The summed E-state index contributed by atoms with van der Waals surface area (Å²) in [6, 6.07) is 19.4. The third kappa shape index (κ3) is 3.66. The van der Waals surface area contributed by atoms with E-state index >= 15 is 0 Å². The Morgan fingerprint density at radius 2 is 1.89 bits per heavy atom. The highest BCUT2D eigenvalue weighted by Gasteiger charge is 2.19. The van der Waals surface area contributed by atoms with Crippen LogP contribution in [0.4, 0.5) is 5.69 Å². The topological polar surface area (TPSA) is 68.5 Å². The van der Waals surface area contributed by atoms with Crippen molar-refractivity contribution in [2.24, 2.45) is 0 Å². The number of rotatable bonds is 6. The monoisotopic (exact) mass is 392 g/mol. The summed E-state index contributed by atoms with van der Waals surface area (Å²) in [6.45, 7) is 4.41. The number of carbonyl (C=O) groups excluding carboxylic acids is 1. The summed E-state index contributed by atoms with van der Waals surface area (Å²) in [5.41, 5.74) is 2.52. The number of thioether (sulfide) groups is 1. The molecule has 2 aromatic carbocycles. The van der Waals surface area contributed by atoms with E-state index in [4.69, 9.17) is 4.74 Å². The lowest BCUT2D eigenvalue weighted by molar-refractivity contribution is -0.115. The zero-order valence-corrected chi connectivity index (χ0v) is 16.4. The van der Waals surface area contributed by atoms with Crippen LogP contribution in [0.5, 0.6) is 5.75 Å². The Labute approximate surface area is 166 Å². The third-order valence-corrected chi connectivity index (χ3v) is 5.37. The van der Waals surface area contributed by atoms with E-state index in [2.05, 4.69) is 15.5 Å². The molecule has 0 bridgehead atoms. The smallest absolute Gasteiger partial charge is 0.237 e. The van der Waals surface area contributed by atoms with Crippen molar-refractivity contribution in [3.05, 3.63) is 60.7 Å². The number of hydrogen-bond acceptors (Lipinski definition) is 5. The lowest BCUT2D eigenvalue weighted by Gasteiger charge is -2.12. The van der Waals surface area contributed by atoms with Gasteiger partial charge in [-0.3, -0.25) is 9.20 Å². The van der Waals surface area contributed by atoms with E-state index < -0.39 is 0 Å². The molecule has 0 saturated carbocycles. The largest absolute Gasteiger partial charge is 0.494 e. The van der Waals surface area contributed by atoms with Crippen LogP contribution in [0.25, 0.3) is 16.6 Å². The second-order valence-corrected chi connectivity index (χ2v) is 7.58. The van der Waals surface area contributed by atoms with Gasteiger partial charge in [-0.2, -0.15) is 0 Å². The van der Waals surface area contributed by atoms with Gasteiger partial charge in [0.25, 0.3) is 0 Å². The van der Waals surface area contributed by atoms with Gasteiger partial charge in [0.1, 0.15) is 5.75 Å². The predicted octanol–water partition coefficient (Wildman–Crippen LogP) is 4.40. The number of para-hydroxylation sites is 1. The van der Waals surface area contributed by atoms with Gasteiger partial charge in [-0.05, 0) is 61.7 Å². The minimum atomic E-state index is -0.335.